The number of aryl methyl sites for hydroxylation is 1. The lowest BCUT2D eigenvalue weighted by atomic mass is 9.91. The van der Waals surface area contributed by atoms with E-state index in [1.54, 1.807) is 0 Å². The molecule has 0 aliphatic carbocycles. The maximum Gasteiger partial charge on any atom is 0.0843 e. The van der Waals surface area contributed by atoms with Crippen molar-refractivity contribution in [1.82, 2.24) is 14.7 Å². The summed E-state index contributed by atoms with van der Waals surface area (Å²) in [5.74, 6) is 0. The van der Waals surface area contributed by atoms with E-state index in [9.17, 15) is 0 Å². The van der Waals surface area contributed by atoms with Crippen LogP contribution in [-0.4, -0.2) is 33.8 Å². The Balaban J connectivity index is 2.35. The van der Waals surface area contributed by atoms with Gasteiger partial charge in [0.15, 0.2) is 0 Å². The number of nitrogens with two attached hydrogens (primary N) is 1. The summed E-state index contributed by atoms with van der Waals surface area (Å²) in [6.07, 6.45) is 2.12. The van der Waals surface area contributed by atoms with Crippen molar-refractivity contribution in [3.8, 4) is 0 Å². The smallest absolute Gasteiger partial charge is 0.0843 e. The van der Waals surface area contributed by atoms with E-state index in [1.807, 2.05) is 0 Å². The number of likely N-dealkylation sites (N-methyl/N-ethyl adjacent to an activating group) is 1. The Bertz CT molecular complexity index is 575. The molecule has 1 aromatic heterocycles. The van der Waals surface area contributed by atoms with Crippen molar-refractivity contribution >= 4 is 10.9 Å². The molecule has 0 amide bonds. The standard InChI is InChI=1S/C17H28N4/c1-5-17(6-2,13-18)20(4)12-15-14-10-8-9-11-16(14)21(7-3)19-15/h8-11H,5-7,12-13,18H2,1-4H3. The van der Waals surface area contributed by atoms with Crippen molar-refractivity contribution in [3.05, 3.63) is 30.0 Å². The molecule has 0 radical (unpaired) electrons. The number of aromatic nitrogens is 2. The normalized spacial score (nSPS) is 12.5. The van der Waals surface area contributed by atoms with Gasteiger partial charge in [0.1, 0.15) is 0 Å². The van der Waals surface area contributed by atoms with E-state index >= 15 is 0 Å². The van der Waals surface area contributed by atoms with Gasteiger partial charge >= 0.3 is 0 Å². The van der Waals surface area contributed by atoms with Crippen LogP contribution in [0.4, 0.5) is 0 Å². The van der Waals surface area contributed by atoms with E-state index in [0.717, 1.165) is 31.6 Å². The molecule has 2 aromatic rings. The Hall–Kier alpha value is -1.39. The largest absolute Gasteiger partial charge is 0.329 e. The van der Waals surface area contributed by atoms with Crippen LogP contribution in [0, 0.1) is 0 Å². The van der Waals surface area contributed by atoms with Gasteiger partial charge in [-0.15, -0.1) is 0 Å². The van der Waals surface area contributed by atoms with Crippen molar-refractivity contribution in [1.29, 1.82) is 0 Å². The second-order valence-electron chi connectivity index (χ2n) is 5.77. The number of hydrogen-bond acceptors (Lipinski definition) is 3. The number of nitrogens with zero attached hydrogens (tertiary/aromatic N) is 3. The Morgan fingerprint density at radius 1 is 1.19 bits per heavy atom. The van der Waals surface area contributed by atoms with Crippen LogP contribution in [0.25, 0.3) is 10.9 Å². The lowest BCUT2D eigenvalue weighted by Crippen LogP contribution is -2.50. The highest BCUT2D eigenvalue weighted by Gasteiger charge is 2.30. The number of rotatable bonds is 7. The van der Waals surface area contributed by atoms with Gasteiger partial charge in [0.25, 0.3) is 0 Å². The molecule has 0 atom stereocenters. The van der Waals surface area contributed by atoms with Crippen molar-refractivity contribution in [2.24, 2.45) is 5.73 Å². The molecule has 2 N–H and O–H groups in total. The molecule has 2 rings (SSSR count). The Morgan fingerprint density at radius 2 is 1.86 bits per heavy atom. The van der Waals surface area contributed by atoms with Crippen LogP contribution in [0.5, 0.6) is 0 Å². The molecule has 1 heterocycles. The summed E-state index contributed by atoms with van der Waals surface area (Å²) in [7, 11) is 2.17. The SMILES string of the molecule is CCn1nc(CN(C)C(CC)(CC)CN)c2ccccc21. The van der Waals surface area contributed by atoms with Crippen LogP contribution < -0.4 is 5.73 Å². The van der Waals surface area contributed by atoms with E-state index in [4.69, 9.17) is 10.8 Å². The van der Waals surface area contributed by atoms with Gasteiger partial charge in [0.05, 0.1) is 11.2 Å². The molecule has 1 aromatic carbocycles. The molecule has 0 aliphatic heterocycles. The average molecular weight is 288 g/mol. The lowest BCUT2D eigenvalue weighted by molar-refractivity contribution is 0.107. The number of benzene rings is 1. The highest BCUT2D eigenvalue weighted by atomic mass is 15.3. The van der Waals surface area contributed by atoms with E-state index in [2.05, 4.69) is 61.7 Å². The second kappa shape index (κ2) is 6.58. The molecule has 0 saturated carbocycles. The van der Waals surface area contributed by atoms with Crippen LogP contribution in [0.2, 0.25) is 0 Å². The molecule has 0 saturated heterocycles. The number of para-hydroxylation sites is 1. The van der Waals surface area contributed by atoms with Gasteiger partial charge in [-0.25, -0.2) is 0 Å². The van der Waals surface area contributed by atoms with Crippen LogP contribution in [0.1, 0.15) is 39.3 Å². The zero-order chi connectivity index (χ0) is 15.5. The quantitative estimate of drug-likeness (QED) is 0.852. The van der Waals surface area contributed by atoms with Crippen LogP contribution in [0.3, 0.4) is 0 Å². The van der Waals surface area contributed by atoms with Crippen molar-refractivity contribution in [2.75, 3.05) is 13.6 Å². The van der Waals surface area contributed by atoms with Gasteiger partial charge in [-0.2, -0.15) is 5.10 Å². The summed E-state index contributed by atoms with van der Waals surface area (Å²) in [6.45, 7) is 8.99. The minimum atomic E-state index is 0.0666. The maximum absolute atomic E-state index is 6.06. The highest BCUT2D eigenvalue weighted by molar-refractivity contribution is 5.81. The topological polar surface area (TPSA) is 47.1 Å². The summed E-state index contributed by atoms with van der Waals surface area (Å²) >= 11 is 0. The molecular weight excluding hydrogens is 260 g/mol. The van der Waals surface area contributed by atoms with Gasteiger partial charge in [-0.1, -0.05) is 32.0 Å². The molecule has 4 heteroatoms. The number of hydrogen-bond donors (Lipinski definition) is 1. The molecule has 21 heavy (non-hydrogen) atoms. The fraction of sp³-hybridized carbons (Fsp3) is 0.588. The first kappa shape index (κ1) is 16.0. The maximum atomic E-state index is 6.06. The summed E-state index contributed by atoms with van der Waals surface area (Å²) in [6, 6.07) is 8.47. The third kappa shape index (κ3) is 2.83. The van der Waals surface area contributed by atoms with E-state index in [0.29, 0.717) is 6.54 Å². The third-order valence-corrected chi connectivity index (χ3v) is 4.93. The first-order valence-corrected chi connectivity index (χ1v) is 7.97. The van der Waals surface area contributed by atoms with Crippen molar-refractivity contribution in [3.63, 3.8) is 0 Å². The summed E-state index contributed by atoms with van der Waals surface area (Å²) in [5, 5.41) is 6.05. The monoisotopic (exact) mass is 288 g/mol. The van der Waals surface area contributed by atoms with Crippen LogP contribution in [0.15, 0.2) is 24.3 Å². The predicted molar refractivity (Wildman–Crippen MR) is 89.2 cm³/mol. The molecule has 0 bridgehead atoms. The number of fused-ring (bicyclic) bond motifs is 1. The Kier molecular flexibility index (Phi) is 5.01. The van der Waals surface area contributed by atoms with E-state index < -0.39 is 0 Å². The lowest BCUT2D eigenvalue weighted by Gasteiger charge is -2.39. The molecule has 4 nitrogen and oxygen atoms in total. The minimum absolute atomic E-state index is 0.0666. The van der Waals surface area contributed by atoms with Gasteiger partial charge in [0.2, 0.25) is 0 Å². The summed E-state index contributed by atoms with van der Waals surface area (Å²) in [5.41, 5.74) is 8.49. The predicted octanol–water partition coefficient (Wildman–Crippen LogP) is 3.01. The fourth-order valence-electron chi connectivity index (χ4n) is 3.18. The fourth-order valence-corrected chi connectivity index (χ4v) is 3.18. The molecule has 0 unspecified atom stereocenters. The molecule has 0 aliphatic rings. The average Bonchev–Trinajstić information content (AvgIpc) is 2.88. The van der Waals surface area contributed by atoms with E-state index in [1.165, 1.54) is 10.9 Å². The molecule has 0 spiro atoms. The van der Waals surface area contributed by atoms with Crippen molar-refractivity contribution < 1.29 is 0 Å². The second-order valence-corrected chi connectivity index (χ2v) is 5.77. The first-order chi connectivity index (χ1) is 10.1. The zero-order valence-corrected chi connectivity index (χ0v) is 13.8. The summed E-state index contributed by atoms with van der Waals surface area (Å²) < 4.78 is 2.08. The molecule has 0 fully saturated rings. The van der Waals surface area contributed by atoms with Gasteiger partial charge in [0, 0.05) is 30.6 Å². The van der Waals surface area contributed by atoms with Crippen LogP contribution >= 0.6 is 0 Å². The Morgan fingerprint density at radius 3 is 2.43 bits per heavy atom. The third-order valence-electron chi connectivity index (χ3n) is 4.93. The summed E-state index contributed by atoms with van der Waals surface area (Å²) in [4.78, 5) is 2.38. The van der Waals surface area contributed by atoms with E-state index in [-0.39, 0.29) is 5.54 Å². The highest BCUT2D eigenvalue weighted by Crippen LogP contribution is 2.26. The molecule has 116 valence electrons. The van der Waals surface area contributed by atoms with Gasteiger partial charge in [-0.05, 0) is 32.9 Å². The van der Waals surface area contributed by atoms with Gasteiger partial charge < -0.3 is 5.73 Å². The zero-order valence-electron chi connectivity index (χ0n) is 13.8. The minimum Gasteiger partial charge on any atom is -0.329 e. The van der Waals surface area contributed by atoms with Crippen molar-refractivity contribution in [2.45, 2.75) is 52.2 Å². The first-order valence-electron chi connectivity index (χ1n) is 7.97. The van der Waals surface area contributed by atoms with Crippen LogP contribution in [-0.2, 0) is 13.1 Å². The Labute approximate surface area is 127 Å². The van der Waals surface area contributed by atoms with Gasteiger partial charge in [-0.3, -0.25) is 9.58 Å². The molecular formula is C17H28N4.